The third-order valence-electron chi connectivity index (χ3n) is 3.67. The summed E-state index contributed by atoms with van der Waals surface area (Å²) in [5.41, 5.74) is 0.396. The Morgan fingerprint density at radius 1 is 1.24 bits per heavy atom. The minimum Gasteiger partial charge on any atom is -0.385 e. The van der Waals surface area contributed by atoms with E-state index in [0.717, 1.165) is 0 Å². The first kappa shape index (κ1) is 19.4. The van der Waals surface area contributed by atoms with Crippen molar-refractivity contribution in [2.45, 2.75) is 44.2 Å². The van der Waals surface area contributed by atoms with Gasteiger partial charge in [0.25, 0.3) is 0 Å². The molecule has 1 aliphatic rings. The molecular weight excluding hydrogens is 348 g/mol. The Balaban J connectivity index is 2.18. The second-order valence-corrected chi connectivity index (χ2v) is 9.01. The lowest BCUT2D eigenvalue weighted by Crippen LogP contribution is -2.37. The second kappa shape index (κ2) is 7.12. The van der Waals surface area contributed by atoms with Crippen molar-refractivity contribution in [1.82, 2.24) is 15.1 Å². The predicted octanol–water partition coefficient (Wildman–Crippen LogP) is 0.158. The maximum Gasteiger partial charge on any atom is 0.314 e. The molecule has 0 saturated heterocycles. The van der Waals surface area contributed by atoms with Crippen LogP contribution >= 0.6 is 0 Å². The van der Waals surface area contributed by atoms with E-state index in [2.05, 4.69) is 15.7 Å². The molecule has 10 heteroatoms. The number of hydrogen-bond donors (Lipinski definition) is 2. The Morgan fingerprint density at radius 2 is 1.92 bits per heavy atom. The lowest BCUT2D eigenvalue weighted by Gasteiger charge is -2.23. The third kappa shape index (κ3) is 4.57. The van der Waals surface area contributed by atoms with Gasteiger partial charge in [-0.3, -0.25) is 9.59 Å². The van der Waals surface area contributed by atoms with E-state index in [1.807, 2.05) is 20.8 Å². The highest BCUT2D eigenvalue weighted by molar-refractivity contribution is 7.90. The number of amides is 2. The molecule has 1 aromatic rings. The van der Waals surface area contributed by atoms with Gasteiger partial charge in [-0.2, -0.15) is 5.10 Å². The molecule has 0 spiro atoms. The van der Waals surface area contributed by atoms with Crippen LogP contribution in [-0.2, 0) is 41.2 Å². The summed E-state index contributed by atoms with van der Waals surface area (Å²) in [6.07, 6.45) is 0.586. The number of methoxy groups -OCH3 is 1. The van der Waals surface area contributed by atoms with Gasteiger partial charge in [0.05, 0.1) is 22.7 Å². The van der Waals surface area contributed by atoms with Crippen molar-refractivity contribution in [3.63, 3.8) is 0 Å². The summed E-state index contributed by atoms with van der Waals surface area (Å²) < 4.78 is 30.1. The van der Waals surface area contributed by atoms with Gasteiger partial charge in [0, 0.05) is 25.8 Å². The zero-order chi connectivity index (χ0) is 18.8. The monoisotopic (exact) mass is 372 g/mol. The molecule has 140 valence electrons. The van der Waals surface area contributed by atoms with Gasteiger partial charge in [0.1, 0.15) is 5.82 Å². The van der Waals surface area contributed by atoms with E-state index >= 15 is 0 Å². The zero-order valence-corrected chi connectivity index (χ0v) is 15.7. The maximum atomic E-state index is 12.2. The zero-order valence-electron chi connectivity index (χ0n) is 14.9. The number of carbonyl (C=O) groups is 2. The van der Waals surface area contributed by atoms with Gasteiger partial charge >= 0.3 is 11.8 Å². The number of ether oxygens (including phenoxy) is 1. The van der Waals surface area contributed by atoms with Crippen molar-refractivity contribution >= 4 is 27.5 Å². The Kier molecular flexibility index (Phi) is 5.52. The van der Waals surface area contributed by atoms with Crippen LogP contribution in [0.3, 0.4) is 0 Å². The van der Waals surface area contributed by atoms with Crippen LogP contribution in [0.4, 0.5) is 5.82 Å². The minimum atomic E-state index is -3.26. The fourth-order valence-corrected chi connectivity index (χ4v) is 4.01. The molecule has 0 aliphatic carbocycles. The summed E-state index contributed by atoms with van der Waals surface area (Å²) in [5, 5.41) is 9.35. The van der Waals surface area contributed by atoms with Crippen molar-refractivity contribution in [1.29, 1.82) is 0 Å². The summed E-state index contributed by atoms with van der Waals surface area (Å²) >= 11 is 0. The Bertz CT molecular complexity index is 777. The molecule has 0 unspecified atom stereocenters. The Morgan fingerprint density at radius 3 is 2.52 bits per heavy atom. The molecule has 9 nitrogen and oxygen atoms in total. The molecule has 25 heavy (non-hydrogen) atoms. The molecule has 0 aromatic carbocycles. The molecule has 0 bridgehead atoms. The van der Waals surface area contributed by atoms with E-state index in [1.165, 1.54) is 0 Å². The number of carbonyl (C=O) groups excluding carboxylic acids is 2. The third-order valence-corrected chi connectivity index (χ3v) is 5.11. The van der Waals surface area contributed by atoms with Gasteiger partial charge in [-0.05, 0) is 27.2 Å². The smallest absolute Gasteiger partial charge is 0.314 e. The molecule has 0 fully saturated rings. The van der Waals surface area contributed by atoms with E-state index < -0.39 is 27.2 Å². The Hall–Kier alpha value is -1.94. The average Bonchev–Trinajstić information content (AvgIpc) is 2.96. The van der Waals surface area contributed by atoms with Crippen LogP contribution in [0, 0.1) is 0 Å². The number of fused-ring (bicyclic) bond motifs is 1. The first-order valence-corrected chi connectivity index (χ1v) is 9.77. The summed E-state index contributed by atoms with van der Waals surface area (Å²) in [6, 6.07) is 0. The van der Waals surface area contributed by atoms with Crippen LogP contribution in [0.5, 0.6) is 0 Å². The molecule has 0 radical (unpaired) electrons. The number of aromatic nitrogens is 2. The number of rotatable bonds is 5. The molecular formula is C15H24N4O5S. The summed E-state index contributed by atoms with van der Waals surface area (Å²) in [5.74, 6) is -1.72. The molecule has 2 rings (SSSR count). The van der Waals surface area contributed by atoms with Crippen LogP contribution in [0.1, 0.15) is 38.4 Å². The minimum absolute atomic E-state index is 0.155. The van der Waals surface area contributed by atoms with Gasteiger partial charge in [-0.25, -0.2) is 13.1 Å². The fourth-order valence-electron chi connectivity index (χ4n) is 2.52. The topological polar surface area (TPSA) is 119 Å². The Labute approximate surface area is 147 Å². The molecule has 2 N–H and O–H groups in total. The van der Waals surface area contributed by atoms with Gasteiger partial charge < -0.3 is 15.4 Å². The van der Waals surface area contributed by atoms with Gasteiger partial charge in [-0.1, -0.05) is 0 Å². The van der Waals surface area contributed by atoms with Crippen LogP contribution < -0.4 is 10.6 Å². The van der Waals surface area contributed by atoms with Crippen molar-refractivity contribution in [3.8, 4) is 0 Å². The molecule has 1 aromatic heterocycles. The first-order chi connectivity index (χ1) is 11.5. The van der Waals surface area contributed by atoms with Crippen molar-refractivity contribution in [3.05, 3.63) is 11.3 Å². The summed E-state index contributed by atoms with van der Waals surface area (Å²) in [7, 11) is -1.71. The van der Waals surface area contributed by atoms with Gasteiger partial charge in [0.2, 0.25) is 0 Å². The highest BCUT2D eigenvalue weighted by atomic mass is 32.2. The number of nitrogens with one attached hydrogen (secondary N) is 2. The standard InChI is InChI=1S/C15H24N4O5S/c1-15(2,3)19-12(10-8-25(22,23)9-11(10)18-19)17-14(21)13(20)16-6-5-7-24-4/h5-9H2,1-4H3,(H,16,20)(H,17,21). The fraction of sp³-hybridized carbons (Fsp3) is 0.667. The number of nitrogens with zero attached hydrogens (tertiary/aromatic N) is 2. The van der Waals surface area contributed by atoms with E-state index in [0.29, 0.717) is 30.8 Å². The van der Waals surface area contributed by atoms with E-state index in [9.17, 15) is 18.0 Å². The SMILES string of the molecule is COCCCNC(=O)C(=O)Nc1c2c(nn1C(C)(C)C)CS(=O)(=O)C2. The molecule has 0 atom stereocenters. The average molecular weight is 372 g/mol. The van der Waals surface area contributed by atoms with Crippen molar-refractivity contribution in [2.24, 2.45) is 0 Å². The molecule has 2 amide bonds. The quantitative estimate of drug-likeness (QED) is 0.561. The van der Waals surface area contributed by atoms with Gasteiger partial charge in [-0.15, -0.1) is 0 Å². The highest BCUT2D eigenvalue weighted by Gasteiger charge is 2.35. The highest BCUT2D eigenvalue weighted by Crippen LogP contribution is 2.34. The molecule has 1 aliphatic heterocycles. The first-order valence-electron chi connectivity index (χ1n) is 7.95. The van der Waals surface area contributed by atoms with E-state index in [4.69, 9.17) is 4.74 Å². The van der Waals surface area contributed by atoms with Crippen LogP contribution in [0.15, 0.2) is 0 Å². The predicted molar refractivity (Wildman–Crippen MR) is 91.7 cm³/mol. The molecule has 2 heterocycles. The lowest BCUT2D eigenvalue weighted by atomic mass is 10.1. The van der Waals surface area contributed by atoms with Crippen molar-refractivity contribution < 1.29 is 22.7 Å². The number of sulfone groups is 1. The van der Waals surface area contributed by atoms with Crippen LogP contribution in [-0.4, -0.2) is 50.3 Å². The summed E-state index contributed by atoms with van der Waals surface area (Å²) in [6.45, 7) is 6.42. The van der Waals surface area contributed by atoms with Crippen molar-refractivity contribution in [2.75, 3.05) is 25.6 Å². The largest absolute Gasteiger partial charge is 0.385 e. The van der Waals surface area contributed by atoms with E-state index in [-0.39, 0.29) is 17.3 Å². The number of anilines is 1. The summed E-state index contributed by atoms with van der Waals surface area (Å²) in [4.78, 5) is 24.1. The number of hydrogen-bond acceptors (Lipinski definition) is 6. The molecule has 0 saturated carbocycles. The maximum absolute atomic E-state index is 12.2. The second-order valence-electron chi connectivity index (χ2n) is 6.95. The normalized spacial score (nSPS) is 15.7. The lowest BCUT2D eigenvalue weighted by molar-refractivity contribution is -0.136. The van der Waals surface area contributed by atoms with Gasteiger partial charge in [0.15, 0.2) is 9.84 Å². The van der Waals surface area contributed by atoms with Crippen LogP contribution in [0.2, 0.25) is 0 Å². The van der Waals surface area contributed by atoms with Crippen LogP contribution in [0.25, 0.3) is 0 Å². The van der Waals surface area contributed by atoms with E-state index in [1.54, 1.807) is 11.8 Å².